The Morgan fingerprint density at radius 3 is 2.48 bits per heavy atom. The van der Waals surface area contributed by atoms with Gasteiger partial charge < -0.3 is 15.1 Å². The summed E-state index contributed by atoms with van der Waals surface area (Å²) in [5.74, 6) is -0.510. The lowest BCUT2D eigenvalue weighted by Gasteiger charge is -2.33. The summed E-state index contributed by atoms with van der Waals surface area (Å²) in [7, 11) is 2.04. The first-order chi connectivity index (χ1) is 14.9. The van der Waals surface area contributed by atoms with Crippen LogP contribution in [0, 0.1) is 5.82 Å². The fourth-order valence-electron chi connectivity index (χ4n) is 3.57. The molecule has 164 valence electrons. The second-order valence-corrected chi connectivity index (χ2v) is 7.95. The minimum atomic E-state index is -0.336. The van der Waals surface area contributed by atoms with E-state index in [-0.39, 0.29) is 30.1 Å². The maximum absolute atomic E-state index is 13.2. The number of piperazine rings is 1. The Morgan fingerprint density at radius 1 is 1.13 bits per heavy atom. The van der Waals surface area contributed by atoms with Crippen LogP contribution >= 0.6 is 0 Å². The summed E-state index contributed by atoms with van der Waals surface area (Å²) in [5, 5.41) is 2.99. The number of allylic oxidation sites excluding steroid dienone is 1. The quantitative estimate of drug-likeness (QED) is 0.708. The summed E-state index contributed by atoms with van der Waals surface area (Å²) in [4.78, 5) is 33.6. The van der Waals surface area contributed by atoms with Crippen LogP contribution < -0.4 is 5.32 Å². The van der Waals surface area contributed by atoms with E-state index in [0.29, 0.717) is 31.5 Å². The third-order valence-electron chi connectivity index (χ3n) is 5.58. The molecule has 1 fully saturated rings. The zero-order valence-corrected chi connectivity index (χ0v) is 17.9. The van der Waals surface area contributed by atoms with E-state index in [2.05, 4.69) is 21.8 Å². The van der Waals surface area contributed by atoms with Gasteiger partial charge in [-0.2, -0.15) is 0 Å². The van der Waals surface area contributed by atoms with Gasteiger partial charge in [-0.05, 0) is 55.3 Å². The zero-order chi connectivity index (χ0) is 22.2. The Labute approximate surface area is 182 Å². The van der Waals surface area contributed by atoms with E-state index in [4.69, 9.17) is 0 Å². The minimum Gasteiger partial charge on any atom is -0.349 e. The molecule has 0 saturated carbocycles. The smallest absolute Gasteiger partial charge is 0.253 e. The number of likely N-dealkylation sites (N-methyl/N-ethyl adjacent to an activating group) is 1. The number of benzene rings is 1. The Bertz CT molecular complexity index is 894. The first-order valence-electron chi connectivity index (χ1n) is 10.5. The minimum absolute atomic E-state index is 0.0389. The van der Waals surface area contributed by atoms with Gasteiger partial charge in [-0.25, -0.2) is 4.39 Å². The van der Waals surface area contributed by atoms with Crippen LogP contribution in [0.4, 0.5) is 4.39 Å². The molecule has 1 saturated heterocycles. The van der Waals surface area contributed by atoms with Crippen molar-refractivity contribution >= 4 is 17.4 Å². The number of nitrogens with zero attached hydrogens (tertiary/aromatic N) is 3. The van der Waals surface area contributed by atoms with E-state index >= 15 is 0 Å². The van der Waals surface area contributed by atoms with Crippen molar-refractivity contribution in [2.75, 3.05) is 33.2 Å². The first-order valence-corrected chi connectivity index (χ1v) is 10.5. The molecule has 1 atom stereocenters. The Balaban J connectivity index is 1.64. The highest BCUT2D eigenvalue weighted by Crippen LogP contribution is 2.20. The second-order valence-electron chi connectivity index (χ2n) is 7.95. The SMILES string of the molecule is C=C(CCC(CC(=O)N1CCN(C)CC1)NC(=O)c1cccnc1)c1ccc(F)cc1. The molecule has 0 aliphatic carbocycles. The highest BCUT2D eigenvalue weighted by Gasteiger charge is 2.24. The van der Waals surface area contributed by atoms with Gasteiger partial charge in [-0.3, -0.25) is 14.6 Å². The van der Waals surface area contributed by atoms with Gasteiger partial charge in [0.25, 0.3) is 5.91 Å². The lowest BCUT2D eigenvalue weighted by Crippen LogP contribution is -2.49. The molecule has 3 rings (SSSR count). The van der Waals surface area contributed by atoms with Gasteiger partial charge >= 0.3 is 0 Å². The summed E-state index contributed by atoms with van der Waals surface area (Å²) < 4.78 is 13.2. The number of carbonyl (C=O) groups is 2. The summed E-state index contributed by atoms with van der Waals surface area (Å²) in [6.07, 6.45) is 4.48. The zero-order valence-electron chi connectivity index (χ0n) is 17.9. The summed E-state index contributed by atoms with van der Waals surface area (Å²) in [5.41, 5.74) is 2.15. The predicted molar refractivity (Wildman–Crippen MR) is 119 cm³/mol. The summed E-state index contributed by atoms with van der Waals surface area (Å²) >= 11 is 0. The molecule has 0 spiro atoms. The molecule has 1 aliphatic heterocycles. The number of hydrogen-bond donors (Lipinski definition) is 1. The number of amides is 2. The van der Waals surface area contributed by atoms with Crippen LogP contribution in [0.1, 0.15) is 35.2 Å². The van der Waals surface area contributed by atoms with Crippen molar-refractivity contribution in [1.82, 2.24) is 20.1 Å². The van der Waals surface area contributed by atoms with Crippen LogP contribution in [0.15, 0.2) is 55.4 Å². The van der Waals surface area contributed by atoms with Crippen LogP contribution in [-0.2, 0) is 4.79 Å². The van der Waals surface area contributed by atoms with E-state index in [1.807, 2.05) is 11.9 Å². The number of halogens is 1. The lowest BCUT2D eigenvalue weighted by molar-refractivity contribution is -0.133. The second kappa shape index (κ2) is 10.8. The maximum Gasteiger partial charge on any atom is 0.253 e. The fourth-order valence-corrected chi connectivity index (χ4v) is 3.57. The van der Waals surface area contributed by atoms with Crippen molar-refractivity contribution in [3.05, 3.63) is 72.3 Å². The van der Waals surface area contributed by atoms with Gasteiger partial charge in [0.05, 0.1) is 5.56 Å². The topological polar surface area (TPSA) is 65.5 Å². The summed E-state index contributed by atoms with van der Waals surface area (Å²) in [6.45, 7) is 7.18. The normalized spacial score (nSPS) is 15.4. The third-order valence-corrected chi connectivity index (χ3v) is 5.58. The van der Waals surface area contributed by atoms with Crippen LogP contribution in [0.2, 0.25) is 0 Å². The number of hydrogen-bond acceptors (Lipinski definition) is 4. The molecule has 2 amide bonds. The molecule has 6 nitrogen and oxygen atoms in total. The molecule has 0 bridgehead atoms. The standard InChI is InChI=1S/C24H29FN4O2/c1-18(19-6-8-21(25)9-7-19)5-10-22(27-24(31)20-4-3-11-26-17-20)16-23(30)29-14-12-28(2)13-15-29/h3-4,6-9,11,17,22H,1,5,10,12-16H2,2H3,(H,27,31). The predicted octanol–water partition coefficient (Wildman–Crippen LogP) is 2.98. The molecule has 2 aromatic rings. The van der Waals surface area contributed by atoms with Crippen molar-refractivity contribution < 1.29 is 14.0 Å². The molecule has 7 heteroatoms. The van der Waals surface area contributed by atoms with Crippen LogP contribution in [0.5, 0.6) is 0 Å². The fraction of sp³-hybridized carbons (Fsp3) is 0.375. The molecule has 1 N–H and O–H groups in total. The third kappa shape index (κ3) is 6.72. The molecule has 0 radical (unpaired) electrons. The lowest BCUT2D eigenvalue weighted by atomic mass is 9.98. The van der Waals surface area contributed by atoms with Crippen LogP contribution in [0.25, 0.3) is 5.57 Å². The maximum atomic E-state index is 13.2. The number of nitrogens with one attached hydrogen (secondary N) is 1. The molecule has 2 heterocycles. The van der Waals surface area contributed by atoms with Crippen molar-refractivity contribution in [2.45, 2.75) is 25.3 Å². The van der Waals surface area contributed by atoms with Crippen LogP contribution in [0.3, 0.4) is 0 Å². The first kappa shape index (κ1) is 22.6. The largest absolute Gasteiger partial charge is 0.349 e. The van der Waals surface area contributed by atoms with Crippen LogP contribution in [-0.4, -0.2) is 65.9 Å². The molecular formula is C24H29FN4O2. The molecule has 1 unspecified atom stereocenters. The van der Waals surface area contributed by atoms with Crippen molar-refractivity contribution in [3.8, 4) is 0 Å². The summed E-state index contributed by atoms with van der Waals surface area (Å²) in [6, 6.07) is 9.25. The highest BCUT2D eigenvalue weighted by atomic mass is 19.1. The van der Waals surface area contributed by atoms with E-state index in [1.165, 1.54) is 18.3 Å². The Hall–Kier alpha value is -3.06. The van der Waals surface area contributed by atoms with Gasteiger partial charge in [0.2, 0.25) is 5.91 Å². The Morgan fingerprint density at radius 2 is 1.84 bits per heavy atom. The van der Waals surface area contributed by atoms with Gasteiger partial charge in [-0.15, -0.1) is 0 Å². The average molecular weight is 425 g/mol. The molecule has 31 heavy (non-hydrogen) atoms. The number of rotatable bonds is 8. The molecule has 1 aliphatic rings. The average Bonchev–Trinajstić information content (AvgIpc) is 2.78. The van der Waals surface area contributed by atoms with Gasteiger partial charge in [0, 0.05) is 51.0 Å². The molecule has 1 aromatic carbocycles. The Kier molecular flexibility index (Phi) is 7.89. The number of pyridine rings is 1. The van der Waals surface area contributed by atoms with Gasteiger partial charge in [0.15, 0.2) is 0 Å². The molecular weight excluding hydrogens is 395 g/mol. The van der Waals surface area contributed by atoms with Gasteiger partial charge in [0.1, 0.15) is 5.82 Å². The van der Waals surface area contributed by atoms with Crippen molar-refractivity contribution in [2.24, 2.45) is 0 Å². The van der Waals surface area contributed by atoms with E-state index in [1.54, 1.807) is 30.5 Å². The van der Waals surface area contributed by atoms with Crippen molar-refractivity contribution in [3.63, 3.8) is 0 Å². The van der Waals surface area contributed by atoms with Crippen molar-refractivity contribution in [1.29, 1.82) is 0 Å². The van der Waals surface area contributed by atoms with E-state index < -0.39 is 0 Å². The number of carbonyl (C=O) groups excluding carboxylic acids is 2. The van der Waals surface area contributed by atoms with Gasteiger partial charge in [-0.1, -0.05) is 18.7 Å². The van der Waals surface area contributed by atoms with E-state index in [0.717, 1.165) is 24.2 Å². The highest BCUT2D eigenvalue weighted by molar-refractivity contribution is 5.94. The van der Waals surface area contributed by atoms with E-state index in [9.17, 15) is 14.0 Å². The monoisotopic (exact) mass is 424 g/mol. The molecule has 1 aromatic heterocycles. The number of aromatic nitrogens is 1.